The normalized spacial score (nSPS) is 11.8. The summed E-state index contributed by atoms with van der Waals surface area (Å²) in [6.45, 7) is 2.37. The molecule has 0 unspecified atom stereocenters. The average Bonchev–Trinajstić information content (AvgIpc) is 3.06. The highest BCUT2D eigenvalue weighted by Gasteiger charge is 2.35. The molecule has 148 valence electrons. The van der Waals surface area contributed by atoms with Gasteiger partial charge in [-0.25, -0.2) is 9.50 Å². The van der Waals surface area contributed by atoms with Crippen molar-refractivity contribution in [3.8, 4) is 11.3 Å². The van der Waals surface area contributed by atoms with E-state index in [1.54, 1.807) is 0 Å². The van der Waals surface area contributed by atoms with Crippen LogP contribution in [-0.4, -0.2) is 27.0 Å². The Labute approximate surface area is 168 Å². The van der Waals surface area contributed by atoms with E-state index in [9.17, 15) is 18.0 Å². The first-order valence-electron chi connectivity index (χ1n) is 8.42. The van der Waals surface area contributed by atoms with Crippen molar-refractivity contribution in [3.63, 3.8) is 0 Å². The number of aromatic nitrogens is 3. The van der Waals surface area contributed by atoms with E-state index in [-0.39, 0.29) is 27.1 Å². The zero-order chi connectivity index (χ0) is 20.5. The monoisotopic (exact) mass is 430 g/mol. The first-order chi connectivity index (χ1) is 13.2. The molecule has 0 aliphatic heterocycles. The first kappa shape index (κ1) is 20.4. The molecule has 0 saturated heterocycles. The Kier molecular flexibility index (Phi) is 5.81. The minimum atomic E-state index is -4.70. The van der Waals surface area contributed by atoms with Gasteiger partial charge in [-0.05, 0) is 24.6 Å². The van der Waals surface area contributed by atoms with E-state index in [2.05, 4.69) is 15.4 Å². The third-order valence-corrected chi connectivity index (χ3v) is 4.72. The highest BCUT2D eigenvalue weighted by Crippen LogP contribution is 2.34. The summed E-state index contributed by atoms with van der Waals surface area (Å²) in [5.41, 5.74) is -0.892. The van der Waals surface area contributed by atoms with Gasteiger partial charge in [-0.2, -0.15) is 18.3 Å². The summed E-state index contributed by atoms with van der Waals surface area (Å²) >= 11 is 11.8. The van der Waals surface area contributed by atoms with E-state index in [0.29, 0.717) is 16.6 Å². The molecule has 5 nitrogen and oxygen atoms in total. The minimum absolute atomic E-state index is 0.0382. The maximum absolute atomic E-state index is 13.6. The summed E-state index contributed by atoms with van der Waals surface area (Å²) < 4.78 is 41.4. The summed E-state index contributed by atoms with van der Waals surface area (Å²) in [7, 11) is 0. The number of unbranched alkanes of at least 4 members (excludes halogenated alkanes) is 1. The Bertz CT molecular complexity index is 1030. The highest BCUT2D eigenvalue weighted by molar-refractivity contribution is 6.42. The van der Waals surface area contributed by atoms with Crippen molar-refractivity contribution >= 4 is 34.8 Å². The summed E-state index contributed by atoms with van der Waals surface area (Å²) in [6, 6.07) is 6.50. The smallest absolute Gasteiger partial charge is 0.351 e. The van der Waals surface area contributed by atoms with Gasteiger partial charge < -0.3 is 5.32 Å². The number of alkyl halides is 3. The molecule has 3 aromatic rings. The van der Waals surface area contributed by atoms with E-state index >= 15 is 0 Å². The summed E-state index contributed by atoms with van der Waals surface area (Å²) in [4.78, 5) is 16.4. The third kappa shape index (κ3) is 4.23. The second-order valence-corrected chi connectivity index (χ2v) is 6.88. The molecule has 1 aromatic carbocycles. The molecule has 0 spiro atoms. The molecule has 1 N–H and O–H groups in total. The summed E-state index contributed by atoms with van der Waals surface area (Å²) in [6.07, 6.45) is -3.07. The van der Waals surface area contributed by atoms with E-state index in [1.165, 1.54) is 24.3 Å². The maximum atomic E-state index is 13.6. The van der Waals surface area contributed by atoms with E-state index in [0.717, 1.165) is 18.9 Å². The maximum Gasteiger partial charge on any atom is 0.433 e. The van der Waals surface area contributed by atoms with Gasteiger partial charge in [0.25, 0.3) is 5.91 Å². The van der Waals surface area contributed by atoms with Crippen molar-refractivity contribution in [2.24, 2.45) is 0 Å². The van der Waals surface area contributed by atoms with Crippen LogP contribution >= 0.6 is 23.2 Å². The lowest BCUT2D eigenvalue weighted by Crippen LogP contribution is -2.25. The number of hydrogen-bond acceptors (Lipinski definition) is 3. The predicted octanol–water partition coefficient (Wildman–Crippen LogP) is 5.25. The fourth-order valence-electron chi connectivity index (χ4n) is 2.56. The van der Waals surface area contributed by atoms with Gasteiger partial charge in [0.2, 0.25) is 0 Å². The van der Waals surface area contributed by atoms with E-state index in [4.69, 9.17) is 23.2 Å². The van der Waals surface area contributed by atoms with Crippen molar-refractivity contribution < 1.29 is 18.0 Å². The number of hydrogen-bond donors (Lipinski definition) is 1. The first-order valence-corrected chi connectivity index (χ1v) is 9.18. The van der Waals surface area contributed by atoms with Gasteiger partial charge in [-0.1, -0.05) is 42.6 Å². The SMILES string of the molecule is CCCCNC(=O)c1cc2nc(-c3ccc(Cl)c(Cl)c3)cc(C(F)(F)F)n2n1. The zero-order valence-corrected chi connectivity index (χ0v) is 16.2. The Balaban J connectivity index is 2.10. The molecular weight excluding hydrogens is 416 g/mol. The molecular formula is C18H15Cl2F3N4O. The van der Waals surface area contributed by atoms with Crippen molar-refractivity contribution in [2.75, 3.05) is 6.54 Å². The fraction of sp³-hybridized carbons (Fsp3) is 0.278. The Hall–Kier alpha value is -2.32. The largest absolute Gasteiger partial charge is 0.433 e. The molecule has 2 heterocycles. The van der Waals surface area contributed by atoms with E-state index in [1.807, 2.05) is 6.92 Å². The number of nitrogens with one attached hydrogen (secondary N) is 1. The van der Waals surface area contributed by atoms with Crippen LogP contribution in [0.15, 0.2) is 30.3 Å². The van der Waals surface area contributed by atoms with Gasteiger partial charge in [-0.15, -0.1) is 0 Å². The molecule has 0 atom stereocenters. The van der Waals surface area contributed by atoms with Crippen LogP contribution in [0.5, 0.6) is 0 Å². The number of halogens is 5. The number of amides is 1. The number of carbonyl (C=O) groups is 1. The molecule has 2 aromatic heterocycles. The number of benzene rings is 1. The van der Waals surface area contributed by atoms with Gasteiger partial charge in [-0.3, -0.25) is 4.79 Å². The van der Waals surface area contributed by atoms with Crippen molar-refractivity contribution in [3.05, 3.63) is 51.8 Å². The quantitative estimate of drug-likeness (QED) is 0.562. The third-order valence-electron chi connectivity index (χ3n) is 3.98. The molecule has 0 aliphatic rings. The van der Waals surface area contributed by atoms with Gasteiger partial charge in [0, 0.05) is 18.2 Å². The molecule has 10 heteroatoms. The molecule has 0 saturated carbocycles. The average molecular weight is 431 g/mol. The molecule has 1 amide bonds. The topological polar surface area (TPSA) is 59.3 Å². The molecule has 0 aliphatic carbocycles. The number of nitrogens with zero attached hydrogens (tertiary/aromatic N) is 3. The van der Waals surface area contributed by atoms with Crippen molar-refractivity contribution in [2.45, 2.75) is 25.9 Å². The molecule has 3 rings (SSSR count). The molecule has 0 radical (unpaired) electrons. The van der Waals surface area contributed by atoms with Crippen LogP contribution in [0.2, 0.25) is 10.0 Å². The van der Waals surface area contributed by atoms with Crippen LogP contribution in [0.25, 0.3) is 16.9 Å². The molecule has 0 bridgehead atoms. The minimum Gasteiger partial charge on any atom is -0.351 e. The molecule has 28 heavy (non-hydrogen) atoms. The van der Waals surface area contributed by atoms with Crippen molar-refractivity contribution in [1.29, 1.82) is 0 Å². The van der Waals surface area contributed by atoms with Gasteiger partial charge in [0.1, 0.15) is 0 Å². The second kappa shape index (κ2) is 7.97. The van der Waals surface area contributed by atoms with Crippen LogP contribution in [0, 0.1) is 0 Å². The van der Waals surface area contributed by atoms with E-state index < -0.39 is 17.8 Å². The fourth-order valence-corrected chi connectivity index (χ4v) is 2.86. The summed E-state index contributed by atoms with van der Waals surface area (Å²) in [5.74, 6) is -0.553. The van der Waals surface area contributed by atoms with Crippen LogP contribution in [0.4, 0.5) is 13.2 Å². The lowest BCUT2D eigenvalue weighted by Gasteiger charge is -2.11. The Morgan fingerprint density at radius 3 is 2.57 bits per heavy atom. The second-order valence-electron chi connectivity index (χ2n) is 6.06. The Morgan fingerprint density at radius 1 is 1.18 bits per heavy atom. The van der Waals surface area contributed by atoms with Crippen molar-refractivity contribution in [1.82, 2.24) is 19.9 Å². The lowest BCUT2D eigenvalue weighted by molar-refractivity contribution is -0.142. The zero-order valence-electron chi connectivity index (χ0n) is 14.6. The number of carbonyl (C=O) groups excluding carboxylic acids is 1. The predicted molar refractivity (Wildman–Crippen MR) is 101 cm³/mol. The van der Waals surface area contributed by atoms with Crippen LogP contribution in [0.1, 0.15) is 35.9 Å². The van der Waals surface area contributed by atoms with Gasteiger partial charge in [0.15, 0.2) is 17.0 Å². The van der Waals surface area contributed by atoms with Gasteiger partial charge >= 0.3 is 6.18 Å². The summed E-state index contributed by atoms with van der Waals surface area (Å²) in [5, 5.41) is 6.89. The van der Waals surface area contributed by atoms with Crippen LogP contribution in [0.3, 0.4) is 0 Å². The Morgan fingerprint density at radius 2 is 1.93 bits per heavy atom. The lowest BCUT2D eigenvalue weighted by atomic mass is 10.1. The molecule has 0 fully saturated rings. The number of rotatable bonds is 5. The standard InChI is InChI=1S/C18H15Cl2F3N4O/c1-2-3-6-24-17(28)14-9-16-25-13(10-4-5-11(19)12(20)7-10)8-15(18(21,22)23)27(16)26-14/h4-5,7-9H,2-3,6H2,1H3,(H,24,28). The van der Waals surface area contributed by atoms with Crippen LogP contribution in [-0.2, 0) is 6.18 Å². The number of fused-ring (bicyclic) bond motifs is 1. The highest BCUT2D eigenvalue weighted by atomic mass is 35.5. The van der Waals surface area contributed by atoms with Crippen LogP contribution < -0.4 is 5.32 Å². The van der Waals surface area contributed by atoms with Gasteiger partial charge in [0.05, 0.1) is 15.7 Å².